The lowest BCUT2D eigenvalue weighted by Gasteiger charge is -2.06. The number of hydrogen-bond acceptors (Lipinski definition) is 3. The van der Waals surface area contributed by atoms with Gasteiger partial charge < -0.3 is 0 Å². The van der Waals surface area contributed by atoms with Crippen LogP contribution < -0.4 is 0 Å². The first kappa shape index (κ1) is 13.8. The van der Waals surface area contributed by atoms with Crippen LogP contribution in [0.2, 0.25) is 0 Å². The van der Waals surface area contributed by atoms with Crippen molar-refractivity contribution in [3.63, 3.8) is 0 Å². The van der Waals surface area contributed by atoms with Gasteiger partial charge in [0.15, 0.2) is 5.78 Å². The molecule has 0 radical (unpaired) electrons. The molecule has 0 spiro atoms. The first-order chi connectivity index (χ1) is 10.3. The van der Waals surface area contributed by atoms with Crippen LogP contribution in [0.5, 0.6) is 0 Å². The Morgan fingerprint density at radius 2 is 1.81 bits per heavy atom. The predicted octanol–water partition coefficient (Wildman–Crippen LogP) is 4.52. The number of ketones is 1. The van der Waals surface area contributed by atoms with Crippen molar-refractivity contribution in [2.75, 3.05) is 5.75 Å². The summed E-state index contributed by atoms with van der Waals surface area (Å²) in [6, 6.07) is 16.0. The van der Waals surface area contributed by atoms with E-state index in [4.69, 9.17) is 0 Å². The minimum Gasteiger partial charge on any atom is -0.293 e. The van der Waals surface area contributed by atoms with Crippen LogP contribution >= 0.6 is 11.8 Å². The Bertz CT molecular complexity index is 793. The van der Waals surface area contributed by atoms with Gasteiger partial charge in [-0.05, 0) is 23.9 Å². The van der Waals surface area contributed by atoms with Crippen molar-refractivity contribution in [2.24, 2.45) is 0 Å². The third-order valence-electron chi connectivity index (χ3n) is 3.42. The molecule has 3 heteroatoms. The zero-order chi connectivity index (χ0) is 14.7. The van der Waals surface area contributed by atoms with E-state index in [1.165, 1.54) is 5.56 Å². The normalized spacial score (nSPS) is 10.7. The molecule has 0 amide bonds. The van der Waals surface area contributed by atoms with Gasteiger partial charge in [-0.2, -0.15) is 0 Å². The summed E-state index contributed by atoms with van der Waals surface area (Å²) in [5.74, 6) is 0.549. The molecule has 0 unspecified atom stereocenters. The number of pyridine rings is 1. The van der Waals surface area contributed by atoms with E-state index in [0.717, 1.165) is 15.7 Å². The van der Waals surface area contributed by atoms with Gasteiger partial charge in [0.05, 0.1) is 5.75 Å². The van der Waals surface area contributed by atoms with E-state index >= 15 is 0 Å². The van der Waals surface area contributed by atoms with E-state index in [-0.39, 0.29) is 5.78 Å². The van der Waals surface area contributed by atoms with Crippen LogP contribution in [0.4, 0.5) is 0 Å². The monoisotopic (exact) mass is 293 g/mol. The summed E-state index contributed by atoms with van der Waals surface area (Å²) in [4.78, 5) is 17.8. The molecule has 21 heavy (non-hydrogen) atoms. The molecule has 0 aliphatic carbocycles. The molecule has 0 bridgehead atoms. The minimum atomic E-state index is 0.118. The Labute approximate surface area is 128 Å². The van der Waals surface area contributed by atoms with E-state index in [2.05, 4.69) is 24.0 Å². The SMILES string of the molecule is Cc1ccccc1SCC(=O)c1cncc2ccccc12. The molecule has 0 aliphatic rings. The average Bonchev–Trinajstić information content (AvgIpc) is 2.53. The standard InChI is InChI=1S/C18H15NOS/c1-13-6-2-5-9-18(13)21-12-17(20)16-11-19-10-14-7-3-4-8-15(14)16/h2-11H,12H2,1H3. The summed E-state index contributed by atoms with van der Waals surface area (Å²) in [5.41, 5.74) is 1.90. The number of fused-ring (bicyclic) bond motifs is 1. The van der Waals surface area contributed by atoms with E-state index < -0.39 is 0 Å². The fourth-order valence-corrected chi connectivity index (χ4v) is 3.19. The van der Waals surface area contributed by atoms with Gasteiger partial charge >= 0.3 is 0 Å². The number of carbonyl (C=O) groups is 1. The largest absolute Gasteiger partial charge is 0.293 e. The van der Waals surface area contributed by atoms with Crippen LogP contribution in [0.25, 0.3) is 10.8 Å². The minimum absolute atomic E-state index is 0.118. The van der Waals surface area contributed by atoms with Crippen LogP contribution in [0.3, 0.4) is 0 Å². The van der Waals surface area contributed by atoms with Crippen molar-refractivity contribution < 1.29 is 4.79 Å². The predicted molar refractivity (Wildman–Crippen MR) is 88.0 cm³/mol. The number of benzene rings is 2. The first-order valence-electron chi connectivity index (χ1n) is 6.80. The zero-order valence-electron chi connectivity index (χ0n) is 11.7. The number of aryl methyl sites for hydroxylation is 1. The van der Waals surface area contributed by atoms with E-state index in [1.54, 1.807) is 24.2 Å². The van der Waals surface area contributed by atoms with Gasteiger partial charge in [-0.1, -0.05) is 42.5 Å². The molecular weight excluding hydrogens is 278 g/mol. The molecular formula is C18H15NOS. The molecule has 0 saturated carbocycles. The molecule has 0 fully saturated rings. The maximum absolute atomic E-state index is 12.5. The van der Waals surface area contributed by atoms with Gasteiger partial charge in [0, 0.05) is 28.2 Å². The van der Waals surface area contributed by atoms with E-state index in [0.29, 0.717) is 11.3 Å². The number of hydrogen-bond donors (Lipinski definition) is 0. The summed E-state index contributed by atoms with van der Waals surface area (Å²) in [6.45, 7) is 2.06. The highest BCUT2D eigenvalue weighted by Crippen LogP contribution is 2.24. The second kappa shape index (κ2) is 6.10. The Morgan fingerprint density at radius 3 is 2.67 bits per heavy atom. The second-order valence-corrected chi connectivity index (χ2v) is 5.90. The van der Waals surface area contributed by atoms with E-state index in [1.807, 2.05) is 36.4 Å². The maximum atomic E-state index is 12.5. The fraction of sp³-hybridized carbons (Fsp3) is 0.111. The highest BCUT2D eigenvalue weighted by Gasteiger charge is 2.11. The third kappa shape index (κ3) is 2.98. The number of carbonyl (C=O) groups excluding carboxylic acids is 1. The van der Waals surface area contributed by atoms with Gasteiger partial charge in [-0.15, -0.1) is 11.8 Å². The highest BCUT2D eigenvalue weighted by atomic mass is 32.2. The number of rotatable bonds is 4. The van der Waals surface area contributed by atoms with Crippen molar-refractivity contribution >= 4 is 28.3 Å². The second-order valence-electron chi connectivity index (χ2n) is 4.89. The Morgan fingerprint density at radius 1 is 1.05 bits per heavy atom. The quantitative estimate of drug-likeness (QED) is 0.523. The van der Waals surface area contributed by atoms with Crippen molar-refractivity contribution in [1.82, 2.24) is 4.98 Å². The lowest BCUT2D eigenvalue weighted by molar-refractivity contribution is 0.102. The molecule has 3 aromatic rings. The number of aromatic nitrogens is 1. The highest BCUT2D eigenvalue weighted by molar-refractivity contribution is 8.00. The lowest BCUT2D eigenvalue weighted by Crippen LogP contribution is -2.04. The Hall–Kier alpha value is -2.13. The topological polar surface area (TPSA) is 30.0 Å². The molecule has 0 saturated heterocycles. The molecule has 0 aliphatic heterocycles. The Balaban J connectivity index is 1.83. The van der Waals surface area contributed by atoms with E-state index in [9.17, 15) is 4.79 Å². The molecule has 1 heterocycles. The summed E-state index contributed by atoms with van der Waals surface area (Å²) in [5, 5.41) is 1.98. The molecule has 0 atom stereocenters. The van der Waals surface area contributed by atoms with Crippen LogP contribution in [-0.4, -0.2) is 16.5 Å². The number of thioether (sulfide) groups is 1. The van der Waals surface area contributed by atoms with Gasteiger partial charge in [-0.25, -0.2) is 0 Å². The van der Waals surface area contributed by atoms with Gasteiger partial charge in [0.1, 0.15) is 0 Å². The summed E-state index contributed by atoms with van der Waals surface area (Å²) >= 11 is 1.58. The molecule has 2 aromatic carbocycles. The summed E-state index contributed by atoms with van der Waals surface area (Å²) in [7, 11) is 0. The molecule has 2 nitrogen and oxygen atoms in total. The van der Waals surface area contributed by atoms with Crippen molar-refractivity contribution in [1.29, 1.82) is 0 Å². The number of nitrogens with zero attached hydrogens (tertiary/aromatic N) is 1. The smallest absolute Gasteiger partial charge is 0.175 e. The summed E-state index contributed by atoms with van der Waals surface area (Å²) in [6.07, 6.45) is 3.46. The zero-order valence-corrected chi connectivity index (χ0v) is 12.6. The maximum Gasteiger partial charge on any atom is 0.175 e. The molecule has 1 aromatic heterocycles. The fourth-order valence-electron chi connectivity index (χ4n) is 2.28. The van der Waals surface area contributed by atoms with Crippen LogP contribution in [0.15, 0.2) is 65.8 Å². The first-order valence-corrected chi connectivity index (χ1v) is 7.78. The average molecular weight is 293 g/mol. The number of Topliss-reactive ketones (excluding diaryl/α,β-unsaturated/α-hetero) is 1. The summed E-state index contributed by atoms with van der Waals surface area (Å²) < 4.78 is 0. The van der Waals surface area contributed by atoms with Gasteiger partial charge in [0.2, 0.25) is 0 Å². The van der Waals surface area contributed by atoms with Crippen LogP contribution in [-0.2, 0) is 0 Å². The van der Waals surface area contributed by atoms with Crippen molar-refractivity contribution in [2.45, 2.75) is 11.8 Å². The van der Waals surface area contributed by atoms with Crippen LogP contribution in [0.1, 0.15) is 15.9 Å². The Kier molecular flexibility index (Phi) is 4.02. The molecule has 104 valence electrons. The molecule has 3 rings (SSSR count). The third-order valence-corrected chi connectivity index (χ3v) is 4.60. The lowest BCUT2D eigenvalue weighted by atomic mass is 10.1. The van der Waals surface area contributed by atoms with Crippen molar-refractivity contribution in [3.05, 3.63) is 72.1 Å². The molecule has 0 N–H and O–H groups in total. The van der Waals surface area contributed by atoms with Crippen molar-refractivity contribution in [3.8, 4) is 0 Å². The van der Waals surface area contributed by atoms with Crippen LogP contribution in [0, 0.1) is 6.92 Å². The van der Waals surface area contributed by atoms with Gasteiger partial charge in [-0.3, -0.25) is 9.78 Å². The van der Waals surface area contributed by atoms with Gasteiger partial charge in [0.25, 0.3) is 0 Å².